The summed E-state index contributed by atoms with van der Waals surface area (Å²) in [4.78, 5) is 27.5. The number of amides is 2. The zero-order valence-electron chi connectivity index (χ0n) is 15.1. The second-order valence-corrected chi connectivity index (χ2v) is 8.53. The van der Waals surface area contributed by atoms with Gasteiger partial charge in [-0.3, -0.25) is 9.59 Å². The third-order valence-electron chi connectivity index (χ3n) is 4.52. The van der Waals surface area contributed by atoms with E-state index in [1.54, 1.807) is 0 Å². The molecule has 0 spiro atoms. The third kappa shape index (κ3) is 6.11. The molecule has 3 rings (SSSR count). The summed E-state index contributed by atoms with van der Waals surface area (Å²) in [6.45, 7) is 2.18. The molecule has 27 heavy (non-hydrogen) atoms. The van der Waals surface area contributed by atoms with Crippen LogP contribution in [0, 0.1) is 0 Å². The van der Waals surface area contributed by atoms with Gasteiger partial charge < -0.3 is 10.2 Å². The number of halogens is 1. The molecule has 4 nitrogen and oxygen atoms in total. The van der Waals surface area contributed by atoms with Crippen molar-refractivity contribution in [2.75, 3.05) is 18.8 Å². The Morgan fingerprint density at radius 3 is 2.30 bits per heavy atom. The molecule has 1 N–H and O–H groups in total. The molecule has 2 aromatic carbocycles. The highest BCUT2D eigenvalue weighted by Gasteiger charge is 2.17. The Bertz CT molecular complexity index is 772. The van der Waals surface area contributed by atoms with E-state index >= 15 is 0 Å². The van der Waals surface area contributed by atoms with Crippen LogP contribution in [0.5, 0.6) is 0 Å². The average Bonchev–Trinajstić information content (AvgIpc) is 2.72. The van der Waals surface area contributed by atoms with Crippen molar-refractivity contribution in [1.82, 2.24) is 10.2 Å². The molecule has 1 aliphatic heterocycles. The van der Waals surface area contributed by atoms with Crippen molar-refractivity contribution >= 4 is 39.5 Å². The highest BCUT2D eigenvalue weighted by molar-refractivity contribution is 9.10. The Kier molecular flexibility index (Phi) is 7.35. The molecule has 1 heterocycles. The first kappa shape index (κ1) is 20.0. The molecule has 142 valence electrons. The molecule has 0 bridgehead atoms. The Labute approximate surface area is 172 Å². The summed E-state index contributed by atoms with van der Waals surface area (Å²) in [5.74, 6) is 0.486. The van der Waals surface area contributed by atoms with Crippen LogP contribution in [0.1, 0.15) is 35.2 Å². The quantitative estimate of drug-likeness (QED) is 0.665. The number of rotatable bonds is 6. The predicted molar refractivity (Wildman–Crippen MR) is 113 cm³/mol. The van der Waals surface area contributed by atoms with Gasteiger partial charge in [0.25, 0.3) is 5.91 Å². The lowest BCUT2D eigenvalue weighted by atomic mass is 10.1. The molecule has 0 atom stereocenters. The van der Waals surface area contributed by atoms with E-state index in [0.29, 0.717) is 12.3 Å². The summed E-state index contributed by atoms with van der Waals surface area (Å²) in [5, 5.41) is 2.93. The minimum absolute atomic E-state index is 0.00334. The molecular weight excluding hydrogens is 424 g/mol. The molecule has 0 aromatic heterocycles. The van der Waals surface area contributed by atoms with E-state index in [1.807, 2.05) is 53.4 Å². The molecule has 0 unspecified atom stereocenters. The maximum atomic E-state index is 12.5. The fourth-order valence-electron chi connectivity index (χ4n) is 2.98. The first-order chi connectivity index (χ1) is 13.1. The zero-order chi connectivity index (χ0) is 19.1. The lowest BCUT2D eigenvalue weighted by Gasteiger charge is -2.26. The fraction of sp³-hybridized carbons (Fsp3) is 0.333. The van der Waals surface area contributed by atoms with E-state index in [2.05, 4.69) is 21.2 Å². The van der Waals surface area contributed by atoms with Crippen molar-refractivity contribution in [3.63, 3.8) is 0 Å². The number of likely N-dealkylation sites (tertiary alicyclic amines) is 1. The van der Waals surface area contributed by atoms with Gasteiger partial charge >= 0.3 is 0 Å². The topological polar surface area (TPSA) is 49.4 Å². The Balaban J connectivity index is 1.44. The molecule has 0 radical (unpaired) electrons. The average molecular weight is 447 g/mol. The molecule has 0 saturated carbocycles. The van der Waals surface area contributed by atoms with Crippen LogP contribution in [0.3, 0.4) is 0 Å². The number of hydrogen-bond donors (Lipinski definition) is 1. The van der Waals surface area contributed by atoms with E-state index in [9.17, 15) is 9.59 Å². The molecule has 6 heteroatoms. The van der Waals surface area contributed by atoms with Crippen LogP contribution in [-0.4, -0.2) is 35.6 Å². The van der Waals surface area contributed by atoms with E-state index in [1.165, 1.54) is 18.2 Å². The number of carbonyl (C=O) groups excluding carboxylic acids is 2. The number of thioether (sulfide) groups is 1. The molecule has 0 aliphatic carbocycles. The van der Waals surface area contributed by atoms with Crippen LogP contribution < -0.4 is 5.32 Å². The highest BCUT2D eigenvalue weighted by Crippen LogP contribution is 2.20. The Hall–Kier alpha value is -1.79. The Morgan fingerprint density at radius 2 is 1.63 bits per heavy atom. The van der Waals surface area contributed by atoms with Gasteiger partial charge in [0.1, 0.15) is 0 Å². The van der Waals surface area contributed by atoms with Gasteiger partial charge in [0.15, 0.2) is 0 Å². The normalized spacial score (nSPS) is 14.0. The number of carbonyl (C=O) groups is 2. The molecule has 1 aliphatic rings. The summed E-state index contributed by atoms with van der Waals surface area (Å²) >= 11 is 4.91. The van der Waals surface area contributed by atoms with Gasteiger partial charge in [-0.1, -0.05) is 28.1 Å². The number of piperidine rings is 1. The zero-order valence-corrected chi connectivity index (χ0v) is 17.5. The van der Waals surface area contributed by atoms with Crippen LogP contribution in [-0.2, 0) is 11.3 Å². The summed E-state index contributed by atoms with van der Waals surface area (Å²) in [5.41, 5.74) is 1.71. The number of nitrogens with one attached hydrogen (secondary N) is 1. The summed E-state index contributed by atoms with van der Waals surface area (Å²) in [6, 6.07) is 15.4. The smallest absolute Gasteiger partial charge is 0.253 e. The van der Waals surface area contributed by atoms with Crippen LogP contribution in [0.15, 0.2) is 57.9 Å². The maximum Gasteiger partial charge on any atom is 0.253 e. The number of hydrogen-bond acceptors (Lipinski definition) is 3. The summed E-state index contributed by atoms with van der Waals surface area (Å²) < 4.78 is 1.03. The van der Waals surface area contributed by atoms with Crippen molar-refractivity contribution < 1.29 is 9.59 Å². The van der Waals surface area contributed by atoms with Crippen molar-refractivity contribution in [3.05, 3.63) is 64.1 Å². The fourth-order valence-corrected chi connectivity index (χ4v) is 3.97. The Morgan fingerprint density at radius 1 is 0.963 bits per heavy atom. The van der Waals surface area contributed by atoms with Crippen LogP contribution in [0.25, 0.3) is 0 Å². The van der Waals surface area contributed by atoms with Crippen LogP contribution in [0.2, 0.25) is 0 Å². The highest BCUT2D eigenvalue weighted by atomic mass is 79.9. The van der Waals surface area contributed by atoms with Crippen molar-refractivity contribution in [1.29, 1.82) is 0 Å². The van der Waals surface area contributed by atoms with E-state index in [4.69, 9.17) is 0 Å². The minimum atomic E-state index is -0.00334. The SMILES string of the molecule is O=C(CSc1ccc(Br)cc1)NCc1ccc(C(=O)N2CCCCC2)cc1. The largest absolute Gasteiger partial charge is 0.351 e. The minimum Gasteiger partial charge on any atom is -0.351 e. The van der Waals surface area contributed by atoms with Crippen molar-refractivity contribution in [2.24, 2.45) is 0 Å². The van der Waals surface area contributed by atoms with Crippen molar-refractivity contribution in [3.8, 4) is 0 Å². The van der Waals surface area contributed by atoms with Crippen LogP contribution >= 0.6 is 27.7 Å². The number of benzene rings is 2. The monoisotopic (exact) mass is 446 g/mol. The van der Waals surface area contributed by atoms with Gasteiger partial charge in [0.05, 0.1) is 5.75 Å². The standard InChI is InChI=1S/C21H23BrN2O2S/c22-18-8-10-19(11-9-18)27-15-20(25)23-14-16-4-6-17(7-5-16)21(26)24-12-2-1-3-13-24/h4-11H,1-3,12-15H2,(H,23,25). The molecule has 1 fully saturated rings. The van der Waals surface area contributed by atoms with Gasteiger partial charge in [-0.05, 0) is 61.2 Å². The molecular formula is C21H23BrN2O2S. The number of nitrogens with zero attached hydrogens (tertiary/aromatic N) is 1. The van der Waals surface area contributed by atoms with E-state index < -0.39 is 0 Å². The van der Waals surface area contributed by atoms with E-state index in [0.717, 1.165) is 46.4 Å². The lowest BCUT2D eigenvalue weighted by Crippen LogP contribution is -2.35. The molecule has 1 saturated heterocycles. The van der Waals surface area contributed by atoms with Crippen molar-refractivity contribution in [2.45, 2.75) is 30.7 Å². The summed E-state index contributed by atoms with van der Waals surface area (Å²) in [6.07, 6.45) is 3.39. The van der Waals surface area contributed by atoms with Gasteiger partial charge in [-0.2, -0.15) is 0 Å². The van der Waals surface area contributed by atoms with Gasteiger partial charge in [0, 0.05) is 34.6 Å². The second kappa shape index (κ2) is 9.95. The first-order valence-electron chi connectivity index (χ1n) is 9.15. The molecule has 2 aromatic rings. The third-order valence-corrected chi connectivity index (χ3v) is 6.06. The van der Waals surface area contributed by atoms with Crippen LogP contribution in [0.4, 0.5) is 0 Å². The second-order valence-electron chi connectivity index (χ2n) is 6.57. The van der Waals surface area contributed by atoms with E-state index in [-0.39, 0.29) is 11.8 Å². The lowest BCUT2D eigenvalue weighted by molar-refractivity contribution is -0.118. The van der Waals surface area contributed by atoms with Gasteiger partial charge in [-0.15, -0.1) is 11.8 Å². The predicted octanol–water partition coefficient (Wildman–Crippen LogP) is 4.48. The maximum absolute atomic E-state index is 12.5. The summed E-state index contributed by atoms with van der Waals surface area (Å²) in [7, 11) is 0. The van der Waals surface area contributed by atoms with Gasteiger partial charge in [0.2, 0.25) is 5.91 Å². The molecule has 2 amide bonds. The first-order valence-corrected chi connectivity index (χ1v) is 10.9. The van der Waals surface area contributed by atoms with Gasteiger partial charge in [-0.25, -0.2) is 0 Å².